The summed E-state index contributed by atoms with van der Waals surface area (Å²) in [6, 6.07) is 0.278. The van der Waals surface area contributed by atoms with Crippen molar-refractivity contribution in [2.24, 2.45) is 5.73 Å². The first-order valence-corrected chi connectivity index (χ1v) is 4.77. The van der Waals surface area contributed by atoms with Gasteiger partial charge in [0.15, 0.2) is 0 Å². The molecular weight excluding hydrogens is 156 g/mol. The molecule has 0 aliphatic heterocycles. The minimum Gasteiger partial charge on any atom is -0.327 e. The Labute approximate surface area is 71.5 Å². The van der Waals surface area contributed by atoms with Crippen LogP contribution in [0.2, 0.25) is 0 Å². The Morgan fingerprint density at radius 1 is 1.73 bits per heavy atom. The maximum atomic E-state index is 5.78. The van der Waals surface area contributed by atoms with Crippen molar-refractivity contribution in [3.8, 4) is 0 Å². The lowest BCUT2D eigenvalue weighted by Gasteiger charge is -2.03. The molecule has 2 N–H and O–H groups in total. The Bertz CT molecular complexity index is 220. The van der Waals surface area contributed by atoms with Gasteiger partial charge >= 0.3 is 0 Å². The second kappa shape index (κ2) is 3.83. The number of hydrogen-bond acceptors (Lipinski definition) is 3. The summed E-state index contributed by atoms with van der Waals surface area (Å²) in [5, 5.41) is 3.23. The van der Waals surface area contributed by atoms with E-state index in [2.05, 4.69) is 17.3 Å². The smallest absolute Gasteiger partial charge is 0.0943 e. The zero-order valence-corrected chi connectivity index (χ0v) is 7.82. The van der Waals surface area contributed by atoms with Gasteiger partial charge in [0, 0.05) is 23.5 Å². The van der Waals surface area contributed by atoms with Crippen LogP contribution in [-0.4, -0.2) is 11.0 Å². The van der Waals surface area contributed by atoms with Gasteiger partial charge in [0.2, 0.25) is 0 Å². The number of aryl methyl sites for hydroxylation is 1. The van der Waals surface area contributed by atoms with Crippen molar-refractivity contribution in [3.63, 3.8) is 0 Å². The summed E-state index contributed by atoms with van der Waals surface area (Å²) in [4.78, 5) is 4.34. The van der Waals surface area contributed by atoms with Crippen LogP contribution < -0.4 is 5.73 Å². The van der Waals surface area contributed by atoms with Gasteiger partial charge in [-0.05, 0) is 13.3 Å². The molecule has 1 heterocycles. The van der Waals surface area contributed by atoms with E-state index in [4.69, 9.17) is 5.73 Å². The third-order valence-electron chi connectivity index (χ3n) is 1.63. The summed E-state index contributed by atoms with van der Waals surface area (Å²) in [6.45, 7) is 4.11. The van der Waals surface area contributed by atoms with Gasteiger partial charge in [0.1, 0.15) is 0 Å². The highest BCUT2D eigenvalue weighted by molar-refractivity contribution is 7.09. The number of rotatable bonds is 3. The number of thiazole rings is 1. The molecule has 0 unspecified atom stereocenters. The molecule has 1 atom stereocenters. The average Bonchev–Trinajstić information content (AvgIpc) is 2.35. The molecule has 0 radical (unpaired) electrons. The third kappa shape index (κ3) is 2.60. The Balaban J connectivity index is 2.50. The van der Waals surface area contributed by atoms with E-state index < -0.39 is 0 Å². The van der Waals surface area contributed by atoms with E-state index in [0.29, 0.717) is 0 Å². The molecule has 11 heavy (non-hydrogen) atoms. The van der Waals surface area contributed by atoms with E-state index in [0.717, 1.165) is 23.5 Å². The summed E-state index contributed by atoms with van der Waals surface area (Å²) in [5.74, 6) is 0. The highest BCUT2D eigenvalue weighted by Gasteiger charge is 2.03. The van der Waals surface area contributed by atoms with Gasteiger partial charge in [0.05, 0.1) is 5.01 Å². The predicted molar refractivity (Wildman–Crippen MR) is 48.8 cm³/mol. The van der Waals surface area contributed by atoms with Crippen molar-refractivity contribution < 1.29 is 0 Å². The fourth-order valence-corrected chi connectivity index (χ4v) is 1.73. The van der Waals surface area contributed by atoms with E-state index in [9.17, 15) is 0 Å². The molecule has 0 spiro atoms. The molecular formula is C8H14N2S. The van der Waals surface area contributed by atoms with Gasteiger partial charge in [-0.3, -0.25) is 0 Å². The van der Waals surface area contributed by atoms with Crippen LogP contribution in [0.15, 0.2) is 5.38 Å². The Morgan fingerprint density at radius 2 is 2.45 bits per heavy atom. The second-order valence-electron chi connectivity index (χ2n) is 2.76. The van der Waals surface area contributed by atoms with Crippen molar-refractivity contribution in [3.05, 3.63) is 16.1 Å². The first-order chi connectivity index (χ1) is 5.22. The van der Waals surface area contributed by atoms with E-state index in [1.807, 2.05) is 6.92 Å². The highest BCUT2D eigenvalue weighted by atomic mass is 32.1. The van der Waals surface area contributed by atoms with Crippen molar-refractivity contribution >= 4 is 11.3 Å². The molecule has 0 aliphatic carbocycles. The maximum absolute atomic E-state index is 5.78. The van der Waals surface area contributed by atoms with E-state index in [1.54, 1.807) is 11.3 Å². The topological polar surface area (TPSA) is 38.9 Å². The molecule has 0 bridgehead atoms. The molecule has 1 aromatic heterocycles. The normalized spacial score (nSPS) is 13.4. The van der Waals surface area contributed by atoms with Crippen molar-refractivity contribution in [2.45, 2.75) is 32.7 Å². The first kappa shape index (κ1) is 8.68. The van der Waals surface area contributed by atoms with Gasteiger partial charge in [-0.2, -0.15) is 0 Å². The number of nitrogens with two attached hydrogens (primary N) is 1. The van der Waals surface area contributed by atoms with E-state index >= 15 is 0 Å². The van der Waals surface area contributed by atoms with Crippen LogP contribution in [0.5, 0.6) is 0 Å². The lowest BCUT2D eigenvalue weighted by atomic mass is 10.2. The van der Waals surface area contributed by atoms with E-state index in [1.165, 1.54) is 0 Å². The van der Waals surface area contributed by atoms with E-state index in [-0.39, 0.29) is 6.04 Å². The maximum Gasteiger partial charge on any atom is 0.0943 e. The molecule has 3 heteroatoms. The van der Waals surface area contributed by atoms with Gasteiger partial charge in [-0.1, -0.05) is 6.92 Å². The highest BCUT2D eigenvalue weighted by Crippen LogP contribution is 2.10. The molecule has 0 aromatic carbocycles. The molecule has 0 aliphatic rings. The SMILES string of the molecule is CC[C@H](N)Cc1nc(C)cs1. The first-order valence-electron chi connectivity index (χ1n) is 3.89. The third-order valence-corrected chi connectivity index (χ3v) is 2.62. The van der Waals surface area contributed by atoms with Crippen molar-refractivity contribution in [1.29, 1.82) is 0 Å². The Kier molecular flexibility index (Phi) is 3.02. The molecule has 62 valence electrons. The summed E-state index contributed by atoms with van der Waals surface area (Å²) in [6.07, 6.45) is 1.95. The lowest BCUT2D eigenvalue weighted by molar-refractivity contribution is 0.643. The molecule has 0 saturated heterocycles. The summed E-state index contributed by atoms with van der Waals surface area (Å²) in [5.41, 5.74) is 6.89. The molecule has 2 nitrogen and oxygen atoms in total. The number of aromatic nitrogens is 1. The predicted octanol–water partition coefficient (Wildman–Crippen LogP) is 1.73. The summed E-state index contributed by atoms with van der Waals surface area (Å²) in [7, 11) is 0. The van der Waals surface area contributed by atoms with Crippen LogP contribution in [0.25, 0.3) is 0 Å². The Hall–Kier alpha value is -0.410. The van der Waals surface area contributed by atoms with Gasteiger partial charge in [0.25, 0.3) is 0 Å². The summed E-state index contributed by atoms with van der Waals surface area (Å²) >= 11 is 1.70. The minimum atomic E-state index is 0.278. The zero-order valence-electron chi connectivity index (χ0n) is 7.00. The lowest BCUT2D eigenvalue weighted by Crippen LogP contribution is -2.21. The fourth-order valence-electron chi connectivity index (χ4n) is 0.865. The summed E-state index contributed by atoms with van der Waals surface area (Å²) < 4.78 is 0. The fraction of sp³-hybridized carbons (Fsp3) is 0.625. The van der Waals surface area contributed by atoms with Gasteiger partial charge in [-0.25, -0.2) is 4.98 Å². The quantitative estimate of drug-likeness (QED) is 0.750. The van der Waals surface area contributed by atoms with Crippen LogP contribution in [0, 0.1) is 6.92 Å². The largest absolute Gasteiger partial charge is 0.327 e. The monoisotopic (exact) mass is 170 g/mol. The molecule has 1 rings (SSSR count). The van der Waals surface area contributed by atoms with Gasteiger partial charge in [-0.15, -0.1) is 11.3 Å². The standard InChI is InChI=1S/C8H14N2S/c1-3-7(9)4-8-10-6(2)5-11-8/h5,7H,3-4,9H2,1-2H3/t7-/m0/s1. The van der Waals surface area contributed by atoms with Crippen LogP contribution in [0.1, 0.15) is 24.0 Å². The zero-order chi connectivity index (χ0) is 8.27. The number of nitrogens with zero attached hydrogens (tertiary/aromatic N) is 1. The van der Waals surface area contributed by atoms with Crippen LogP contribution in [-0.2, 0) is 6.42 Å². The van der Waals surface area contributed by atoms with Crippen LogP contribution in [0.4, 0.5) is 0 Å². The van der Waals surface area contributed by atoms with Crippen molar-refractivity contribution in [1.82, 2.24) is 4.98 Å². The molecule has 0 saturated carbocycles. The number of hydrogen-bond donors (Lipinski definition) is 1. The molecule has 0 amide bonds. The average molecular weight is 170 g/mol. The molecule has 0 fully saturated rings. The second-order valence-corrected chi connectivity index (χ2v) is 3.70. The van der Waals surface area contributed by atoms with Crippen LogP contribution in [0.3, 0.4) is 0 Å². The van der Waals surface area contributed by atoms with Crippen molar-refractivity contribution in [2.75, 3.05) is 0 Å². The Morgan fingerprint density at radius 3 is 2.91 bits per heavy atom. The molecule has 1 aromatic rings. The minimum absolute atomic E-state index is 0.278. The van der Waals surface area contributed by atoms with Gasteiger partial charge < -0.3 is 5.73 Å². The van der Waals surface area contributed by atoms with Crippen LogP contribution >= 0.6 is 11.3 Å².